The highest BCUT2D eigenvalue weighted by atomic mass is 16.6. The highest BCUT2D eigenvalue weighted by molar-refractivity contribution is 5.95. The van der Waals surface area contributed by atoms with Gasteiger partial charge in [-0.3, -0.25) is 10.1 Å². The molecule has 0 saturated carbocycles. The van der Waals surface area contributed by atoms with Gasteiger partial charge in [-0.1, -0.05) is 0 Å². The summed E-state index contributed by atoms with van der Waals surface area (Å²) in [6.07, 6.45) is 0. The molecule has 0 aromatic heterocycles. The van der Waals surface area contributed by atoms with E-state index in [0.717, 1.165) is 43.3 Å². The molecule has 1 fully saturated rings. The van der Waals surface area contributed by atoms with E-state index in [2.05, 4.69) is 14.5 Å². The van der Waals surface area contributed by atoms with Gasteiger partial charge in [-0.2, -0.15) is 0 Å². The molecule has 2 aromatic rings. The Morgan fingerprint density at radius 3 is 2.04 bits per heavy atom. The van der Waals surface area contributed by atoms with E-state index >= 15 is 0 Å². The van der Waals surface area contributed by atoms with Gasteiger partial charge >= 0.3 is 5.97 Å². The molecule has 0 bridgehead atoms. The van der Waals surface area contributed by atoms with Crippen molar-refractivity contribution >= 4 is 23.0 Å². The van der Waals surface area contributed by atoms with Gasteiger partial charge in [-0.25, -0.2) is 4.79 Å². The number of rotatable bonds is 5. The molecule has 0 aliphatic carbocycles. The van der Waals surface area contributed by atoms with Crippen LogP contribution in [-0.2, 0) is 4.74 Å². The molecular formula is C19H21N3O5. The second-order valence-electron chi connectivity index (χ2n) is 6.12. The first-order chi connectivity index (χ1) is 13.0. The highest BCUT2D eigenvalue weighted by Gasteiger charge is 2.24. The molecule has 0 spiro atoms. The monoisotopic (exact) mass is 371 g/mol. The zero-order chi connectivity index (χ0) is 19.4. The Morgan fingerprint density at radius 1 is 0.963 bits per heavy atom. The van der Waals surface area contributed by atoms with E-state index in [1.54, 1.807) is 13.2 Å². The molecular weight excluding hydrogens is 350 g/mol. The van der Waals surface area contributed by atoms with Crippen LogP contribution in [0.1, 0.15) is 10.4 Å². The second kappa shape index (κ2) is 7.94. The van der Waals surface area contributed by atoms with Crippen LogP contribution in [0.4, 0.5) is 17.1 Å². The van der Waals surface area contributed by atoms with Crippen molar-refractivity contribution in [2.75, 3.05) is 50.2 Å². The van der Waals surface area contributed by atoms with E-state index in [4.69, 9.17) is 4.74 Å². The smallest absolute Gasteiger partial charge is 0.344 e. The lowest BCUT2D eigenvalue weighted by molar-refractivity contribution is -0.385. The average Bonchev–Trinajstić information content (AvgIpc) is 2.72. The summed E-state index contributed by atoms with van der Waals surface area (Å²) in [5, 5.41) is 11.1. The minimum atomic E-state index is -0.708. The van der Waals surface area contributed by atoms with Crippen molar-refractivity contribution in [1.29, 1.82) is 0 Å². The van der Waals surface area contributed by atoms with Gasteiger partial charge in [0.05, 0.1) is 19.1 Å². The summed E-state index contributed by atoms with van der Waals surface area (Å²) in [5.74, 6) is 0.110. The molecule has 8 nitrogen and oxygen atoms in total. The van der Waals surface area contributed by atoms with Crippen molar-refractivity contribution in [3.05, 3.63) is 58.1 Å². The number of hydrogen-bond acceptors (Lipinski definition) is 7. The standard InChI is InChI=1S/C19H21N3O5/c1-26-16-6-3-14(4-7-16)20-9-11-21(12-10-20)15-5-8-18(22(24)25)17(13-15)19(23)27-2/h3-8,13H,9-12H2,1-2H3. The maximum absolute atomic E-state index is 11.9. The van der Waals surface area contributed by atoms with E-state index < -0.39 is 10.9 Å². The van der Waals surface area contributed by atoms with Gasteiger partial charge in [0.2, 0.25) is 0 Å². The Balaban J connectivity index is 1.73. The van der Waals surface area contributed by atoms with Crippen molar-refractivity contribution in [3.63, 3.8) is 0 Å². The SMILES string of the molecule is COC(=O)c1cc(N2CCN(c3ccc(OC)cc3)CC2)ccc1[N+](=O)[O-]. The zero-order valence-corrected chi connectivity index (χ0v) is 15.3. The van der Waals surface area contributed by atoms with E-state index in [-0.39, 0.29) is 11.3 Å². The molecule has 1 aliphatic rings. The molecule has 0 radical (unpaired) electrons. The number of anilines is 2. The van der Waals surface area contributed by atoms with Crippen LogP contribution < -0.4 is 14.5 Å². The maximum Gasteiger partial charge on any atom is 0.344 e. The number of methoxy groups -OCH3 is 2. The Bertz CT molecular complexity index is 830. The molecule has 1 heterocycles. The highest BCUT2D eigenvalue weighted by Crippen LogP contribution is 2.27. The van der Waals surface area contributed by atoms with Crippen LogP contribution in [0, 0.1) is 10.1 Å². The van der Waals surface area contributed by atoms with Gasteiger partial charge in [0.1, 0.15) is 11.3 Å². The van der Waals surface area contributed by atoms with Crippen LogP contribution in [0.15, 0.2) is 42.5 Å². The summed E-state index contributed by atoms with van der Waals surface area (Å²) < 4.78 is 9.87. The number of benzene rings is 2. The summed E-state index contributed by atoms with van der Waals surface area (Å²) in [6.45, 7) is 3.09. The quantitative estimate of drug-likeness (QED) is 0.454. The van der Waals surface area contributed by atoms with Gasteiger partial charge in [0.15, 0.2) is 0 Å². The van der Waals surface area contributed by atoms with Gasteiger partial charge in [-0.05, 0) is 36.4 Å². The molecule has 0 atom stereocenters. The van der Waals surface area contributed by atoms with Crippen molar-refractivity contribution in [3.8, 4) is 5.75 Å². The first kappa shape index (κ1) is 18.5. The van der Waals surface area contributed by atoms with E-state index in [9.17, 15) is 14.9 Å². The summed E-state index contributed by atoms with van der Waals surface area (Å²) in [7, 11) is 2.85. The molecule has 142 valence electrons. The molecule has 8 heteroatoms. The van der Waals surface area contributed by atoms with Crippen molar-refractivity contribution < 1.29 is 19.2 Å². The van der Waals surface area contributed by atoms with E-state index in [1.165, 1.54) is 19.2 Å². The topological polar surface area (TPSA) is 85.2 Å². The van der Waals surface area contributed by atoms with Crippen LogP contribution in [0.5, 0.6) is 5.75 Å². The van der Waals surface area contributed by atoms with Gasteiger partial charge in [0.25, 0.3) is 5.69 Å². The molecule has 0 unspecified atom stereocenters. The Kier molecular flexibility index (Phi) is 5.44. The Morgan fingerprint density at radius 2 is 1.52 bits per heavy atom. The Hall–Kier alpha value is -3.29. The largest absolute Gasteiger partial charge is 0.497 e. The lowest BCUT2D eigenvalue weighted by Gasteiger charge is -2.37. The lowest BCUT2D eigenvalue weighted by atomic mass is 10.1. The molecule has 1 saturated heterocycles. The Labute approximate surface area is 157 Å². The minimum absolute atomic E-state index is 0.0300. The first-order valence-electron chi connectivity index (χ1n) is 8.54. The first-order valence-corrected chi connectivity index (χ1v) is 8.54. The van der Waals surface area contributed by atoms with Gasteiger partial charge in [-0.15, -0.1) is 0 Å². The molecule has 0 N–H and O–H groups in total. The number of esters is 1. The fourth-order valence-corrected chi connectivity index (χ4v) is 3.17. The van der Waals surface area contributed by atoms with Crippen LogP contribution in [0.3, 0.4) is 0 Å². The van der Waals surface area contributed by atoms with Crippen LogP contribution >= 0.6 is 0 Å². The predicted molar refractivity (Wildman–Crippen MR) is 102 cm³/mol. The molecule has 2 aromatic carbocycles. The normalized spacial score (nSPS) is 14.0. The average molecular weight is 371 g/mol. The van der Waals surface area contributed by atoms with E-state index in [0.29, 0.717) is 0 Å². The third-order valence-electron chi connectivity index (χ3n) is 4.66. The number of carbonyl (C=O) groups is 1. The number of piperazine rings is 1. The number of nitro groups is 1. The van der Waals surface area contributed by atoms with Crippen molar-refractivity contribution in [1.82, 2.24) is 0 Å². The van der Waals surface area contributed by atoms with Gasteiger partial charge in [0, 0.05) is 43.6 Å². The lowest BCUT2D eigenvalue weighted by Crippen LogP contribution is -2.46. The van der Waals surface area contributed by atoms with Crippen LogP contribution in [0.2, 0.25) is 0 Å². The third-order valence-corrected chi connectivity index (χ3v) is 4.66. The zero-order valence-electron chi connectivity index (χ0n) is 15.3. The van der Waals surface area contributed by atoms with E-state index in [1.807, 2.05) is 24.3 Å². The van der Waals surface area contributed by atoms with Crippen molar-refractivity contribution in [2.45, 2.75) is 0 Å². The predicted octanol–water partition coefficient (Wildman–Crippen LogP) is 2.72. The fourth-order valence-electron chi connectivity index (χ4n) is 3.17. The summed E-state index contributed by atoms with van der Waals surface area (Å²) in [6, 6.07) is 12.5. The number of nitrogens with zero attached hydrogens (tertiary/aromatic N) is 3. The number of carbonyl (C=O) groups excluding carboxylic acids is 1. The minimum Gasteiger partial charge on any atom is -0.497 e. The number of hydrogen-bond donors (Lipinski definition) is 0. The maximum atomic E-state index is 11.9. The van der Waals surface area contributed by atoms with Crippen LogP contribution in [0.25, 0.3) is 0 Å². The summed E-state index contributed by atoms with van der Waals surface area (Å²) >= 11 is 0. The molecule has 3 rings (SSSR count). The second-order valence-corrected chi connectivity index (χ2v) is 6.12. The summed E-state index contributed by atoms with van der Waals surface area (Å²) in [5.41, 5.74) is 1.62. The summed E-state index contributed by atoms with van der Waals surface area (Å²) in [4.78, 5) is 26.8. The third kappa shape index (κ3) is 3.94. The van der Waals surface area contributed by atoms with Crippen LogP contribution in [-0.4, -0.2) is 51.3 Å². The van der Waals surface area contributed by atoms with Crippen molar-refractivity contribution in [2.24, 2.45) is 0 Å². The van der Waals surface area contributed by atoms with Gasteiger partial charge < -0.3 is 19.3 Å². The number of nitro benzene ring substituents is 1. The molecule has 27 heavy (non-hydrogen) atoms. The molecule has 0 amide bonds. The molecule has 1 aliphatic heterocycles. The fraction of sp³-hybridized carbons (Fsp3) is 0.316. The number of ether oxygens (including phenoxy) is 2.